The highest BCUT2D eigenvalue weighted by atomic mass is 127. The van der Waals surface area contributed by atoms with Crippen LogP contribution in [-0.4, -0.2) is 19.4 Å². The molecule has 0 aliphatic carbocycles. The normalized spacial score (nSPS) is 15.5. The van der Waals surface area contributed by atoms with Crippen LogP contribution in [0.2, 0.25) is 0 Å². The minimum absolute atomic E-state index is 0.296. The molecule has 4 rings (SSSR count). The molecule has 1 aliphatic heterocycles. The molecule has 0 bridgehead atoms. The van der Waals surface area contributed by atoms with E-state index in [9.17, 15) is 8.42 Å². The fraction of sp³-hybridized carbons (Fsp3) is 0.100. The number of rotatable bonds is 3. The van der Waals surface area contributed by atoms with Gasteiger partial charge in [0.1, 0.15) is 0 Å². The monoisotopic (exact) mass is 476 g/mol. The van der Waals surface area contributed by atoms with E-state index in [4.69, 9.17) is 0 Å². The molecule has 3 aromatic rings. The third kappa shape index (κ3) is 3.36. The molecule has 1 N–H and O–H groups in total. The molecule has 0 fully saturated rings. The average molecular weight is 476 g/mol. The van der Waals surface area contributed by atoms with E-state index in [0.29, 0.717) is 17.9 Å². The molecule has 3 aromatic carbocycles. The highest BCUT2D eigenvalue weighted by Crippen LogP contribution is 2.25. The number of nitrogens with zero attached hydrogens (tertiary/aromatic N) is 1. The molecule has 132 valence electrons. The van der Waals surface area contributed by atoms with Gasteiger partial charge in [0.25, 0.3) is 10.0 Å². The van der Waals surface area contributed by atoms with Crippen LogP contribution in [0.1, 0.15) is 12.0 Å². The fourth-order valence-corrected chi connectivity index (χ4v) is 4.67. The van der Waals surface area contributed by atoms with Crippen molar-refractivity contribution in [3.8, 4) is 0 Å². The van der Waals surface area contributed by atoms with Gasteiger partial charge in [-0.1, -0.05) is 42.5 Å². The standard InChI is InChI=1S/C20H17IN2O2S/c21-18-9-11-19(12-10-18)26(24,25)23-13-3-6-20(22-23)17-8-7-15-4-1-2-5-16(15)14-17/h1-2,4-12,14,22H,3,13H2. The third-order valence-corrected chi connectivity index (χ3v) is 6.83. The first-order chi connectivity index (χ1) is 12.5. The zero-order valence-corrected chi connectivity index (χ0v) is 16.9. The van der Waals surface area contributed by atoms with Crippen molar-refractivity contribution >= 4 is 49.1 Å². The summed E-state index contributed by atoms with van der Waals surface area (Å²) in [6.07, 6.45) is 2.71. The Bertz CT molecular complexity index is 1090. The first-order valence-electron chi connectivity index (χ1n) is 8.28. The van der Waals surface area contributed by atoms with Gasteiger partial charge in [-0.3, -0.25) is 0 Å². The quantitative estimate of drug-likeness (QED) is 0.571. The minimum atomic E-state index is -3.58. The number of sulfonamides is 1. The Kier molecular flexibility index (Phi) is 4.73. The molecule has 4 nitrogen and oxygen atoms in total. The average Bonchev–Trinajstić information content (AvgIpc) is 2.68. The highest BCUT2D eigenvalue weighted by Gasteiger charge is 2.27. The van der Waals surface area contributed by atoms with Gasteiger partial charge in [0.2, 0.25) is 0 Å². The Balaban J connectivity index is 1.64. The van der Waals surface area contributed by atoms with Gasteiger partial charge >= 0.3 is 0 Å². The van der Waals surface area contributed by atoms with E-state index in [2.05, 4.69) is 52.3 Å². The molecule has 26 heavy (non-hydrogen) atoms. The van der Waals surface area contributed by atoms with Crippen molar-refractivity contribution in [1.29, 1.82) is 0 Å². The molecule has 1 heterocycles. The van der Waals surface area contributed by atoms with Gasteiger partial charge in [0, 0.05) is 10.1 Å². The molecule has 0 saturated heterocycles. The van der Waals surface area contributed by atoms with Crippen LogP contribution < -0.4 is 5.43 Å². The summed E-state index contributed by atoms with van der Waals surface area (Å²) >= 11 is 2.16. The lowest BCUT2D eigenvalue weighted by atomic mass is 10.0. The summed E-state index contributed by atoms with van der Waals surface area (Å²) in [6, 6.07) is 21.2. The number of hydrogen-bond donors (Lipinski definition) is 1. The predicted octanol–water partition coefficient (Wildman–Crippen LogP) is 4.38. The number of nitrogens with one attached hydrogen (secondary N) is 1. The Labute approximate surface area is 166 Å². The van der Waals surface area contributed by atoms with Crippen LogP contribution in [0.25, 0.3) is 16.5 Å². The number of benzene rings is 3. The van der Waals surface area contributed by atoms with Crippen molar-refractivity contribution in [2.75, 3.05) is 6.54 Å². The summed E-state index contributed by atoms with van der Waals surface area (Å²) < 4.78 is 28.2. The van der Waals surface area contributed by atoms with Gasteiger partial charge in [0.05, 0.1) is 10.6 Å². The van der Waals surface area contributed by atoms with Crippen molar-refractivity contribution in [2.24, 2.45) is 0 Å². The lowest BCUT2D eigenvalue weighted by molar-refractivity contribution is 0.363. The maximum Gasteiger partial charge on any atom is 0.259 e. The van der Waals surface area contributed by atoms with Crippen LogP contribution in [0.3, 0.4) is 0 Å². The number of halogens is 1. The number of hydrogen-bond acceptors (Lipinski definition) is 3. The van der Waals surface area contributed by atoms with E-state index in [0.717, 1.165) is 25.6 Å². The van der Waals surface area contributed by atoms with Crippen molar-refractivity contribution < 1.29 is 8.42 Å². The second-order valence-corrected chi connectivity index (χ2v) is 9.22. The van der Waals surface area contributed by atoms with Crippen LogP contribution in [0.4, 0.5) is 0 Å². The molecule has 0 radical (unpaired) electrons. The minimum Gasteiger partial charge on any atom is -0.305 e. The maximum absolute atomic E-state index is 12.9. The summed E-state index contributed by atoms with van der Waals surface area (Å²) in [5, 5.41) is 2.29. The molecule has 0 saturated carbocycles. The Morgan fingerprint density at radius 1 is 0.923 bits per heavy atom. The van der Waals surface area contributed by atoms with E-state index < -0.39 is 10.0 Å². The molecular weight excluding hydrogens is 459 g/mol. The first-order valence-corrected chi connectivity index (χ1v) is 10.8. The first kappa shape index (κ1) is 17.5. The van der Waals surface area contributed by atoms with E-state index >= 15 is 0 Å². The van der Waals surface area contributed by atoms with Crippen molar-refractivity contribution in [2.45, 2.75) is 11.3 Å². The molecule has 0 unspecified atom stereocenters. The van der Waals surface area contributed by atoms with Crippen LogP contribution >= 0.6 is 22.6 Å². The SMILES string of the molecule is O=S(=O)(c1ccc(I)cc1)N1CCC=C(c2ccc3ccccc3c2)N1. The summed E-state index contributed by atoms with van der Waals surface area (Å²) in [6.45, 7) is 0.408. The van der Waals surface area contributed by atoms with Crippen molar-refractivity contribution in [3.05, 3.63) is 81.9 Å². The molecule has 0 spiro atoms. The summed E-state index contributed by atoms with van der Waals surface area (Å²) in [5.74, 6) is 0. The third-order valence-electron chi connectivity index (χ3n) is 4.39. The lowest BCUT2D eigenvalue weighted by Crippen LogP contribution is -2.44. The number of hydrazine groups is 1. The fourth-order valence-electron chi connectivity index (χ4n) is 3.02. The van der Waals surface area contributed by atoms with Crippen molar-refractivity contribution in [1.82, 2.24) is 9.84 Å². The highest BCUT2D eigenvalue weighted by molar-refractivity contribution is 14.1. The van der Waals surface area contributed by atoms with Gasteiger partial charge in [-0.05, 0) is 75.7 Å². The van der Waals surface area contributed by atoms with Crippen LogP contribution in [-0.2, 0) is 10.0 Å². The Hall–Kier alpha value is -1.90. The van der Waals surface area contributed by atoms with Crippen molar-refractivity contribution in [3.63, 3.8) is 0 Å². The second kappa shape index (κ2) is 7.02. The van der Waals surface area contributed by atoms with Crippen LogP contribution in [0.5, 0.6) is 0 Å². The topological polar surface area (TPSA) is 49.4 Å². The predicted molar refractivity (Wildman–Crippen MR) is 113 cm³/mol. The zero-order chi connectivity index (χ0) is 18.1. The smallest absolute Gasteiger partial charge is 0.259 e. The van der Waals surface area contributed by atoms with E-state index in [1.165, 1.54) is 4.41 Å². The molecule has 0 amide bonds. The van der Waals surface area contributed by atoms with Crippen LogP contribution in [0.15, 0.2) is 77.7 Å². The molecule has 6 heteroatoms. The van der Waals surface area contributed by atoms with Gasteiger partial charge in [-0.2, -0.15) is 0 Å². The Morgan fingerprint density at radius 2 is 1.65 bits per heavy atom. The summed E-state index contributed by atoms with van der Waals surface area (Å²) in [5.41, 5.74) is 4.89. The largest absolute Gasteiger partial charge is 0.305 e. The number of fused-ring (bicyclic) bond motifs is 1. The molecule has 0 atom stereocenters. The van der Waals surface area contributed by atoms with Crippen LogP contribution in [0, 0.1) is 3.57 Å². The van der Waals surface area contributed by atoms with Gasteiger partial charge in [0.15, 0.2) is 0 Å². The maximum atomic E-state index is 12.9. The summed E-state index contributed by atoms with van der Waals surface area (Å²) in [4.78, 5) is 0.296. The molecule has 0 aromatic heterocycles. The second-order valence-electron chi connectivity index (χ2n) is 6.11. The Morgan fingerprint density at radius 3 is 2.42 bits per heavy atom. The molecule has 1 aliphatic rings. The van der Waals surface area contributed by atoms with Gasteiger partial charge in [-0.25, -0.2) is 8.42 Å². The zero-order valence-electron chi connectivity index (χ0n) is 13.9. The molecular formula is C20H17IN2O2S. The van der Waals surface area contributed by atoms with E-state index in [1.54, 1.807) is 24.3 Å². The van der Waals surface area contributed by atoms with E-state index in [1.807, 2.05) is 24.3 Å². The van der Waals surface area contributed by atoms with E-state index in [-0.39, 0.29) is 0 Å². The van der Waals surface area contributed by atoms with Gasteiger partial charge in [-0.15, -0.1) is 4.41 Å². The summed E-state index contributed by atoms with van der Waals surface area (Å²) in [7, 11) is -3.58. The lowest BCUT2D eigenvalue weighted by Gasteiger charge is -2.28. The van der Waals surface area contributed by atoms with Gasteiger partial charge < -0.3 is 5.43 Å².